The number of hydrogen-bond donors (Lipinski definition) is 0. The summed E-state index contributed by atoms with van der Waals surface area (Å²) in [7, 11) is 1.53. The Morgan fingerprint density at radius 3 is 2.52 bits per heavy atom. The quantitative estimate of drug-likeness (QED) is 0.523. The normalized spacial score (nSPS) is 11.9. The Hall–Kier alpha value is -2.69. The Balaban J connectivity index is 2.57. The highest BCUT2D eigenvalue weighted by atomic mass is 19.1. The van der Waals surface area contributed by atoms with E-state index in [-0.39, 0.29) is 11.7 Å². The maximum absolute atomic E-state index is 14.3. The SMILES string of the molecule is COc1cc(-c2cc(F)cc(C(C)C)c2C=CC(=O)OC(C)(C)C)ccn1. The molecule has 27 heavy (non-hydrogen) atoms. The van der Waals surface area contributed by atoms with Crippen molar-refractivity contribution in [1.82, 2.24) is 4.98 Å². The van der Waals surface area contributed by atoms with Gasteiger partial charge in [-0.1, -0.05) is 13.8 Å². The molecule has 0 aliphatic carbocycles. The Kier molecular flexibility index (Phi) is 6.37. The van der Waals surface area contributed by atoms with Crippen molar-refractivity contribution >= 4 is 12.0 Å². The van der Waals surface area contributed by atoms with Crippen LogP contribution in [0.5, 0.6) is 5.88 Å². The first kappa shape index (κ1) is 20.6. The molecule has 0 amide bonds. The van der Waals surface area contributed by atoms with Gasteiger partial charge in [0.15, 0.2) is 0 Å². The molecule has 0 fully saturated rings. The molecular weight excluding hydrogens is 345 g/mol. The third-order valence-electron chi connectivity index (χ3n) is 3.85. The van der Waals surface area contributed by atoms with E-state index in [1.165, 1.54) is 25.3 Å². The molecule has 0 saturated heterocycles. The van der Waals surface area contributed by atoms with Gasteiger partial charge in [0.05, 0.1) is 7.11 Å². The molecule has 0 saturated carbocycles. The Morgan fingerprint density at radius 2 is 1.93 bits per heavy atom. The standard InChI is InChI=1S/C22H26FNO3/c1-14(2)18-12-16(23)13-19(15-9-10-24-20(11-15)26-6)17(18)7-8-21(25)27-22(3,4)5/h7-14H,1-6H3. The van der Waals surface area contributed by atoms with Gasteiger partial charge in [-0.15, -0.1) is 0 Å². The van der Waals surface area contributed by atoms with Crippen molar-refractivity contribution in [1.29, 1.82) is 0 Å². The minimum Gasteiger partial charge on any atom is -0.481 e. The van der Waals surface area contributed by atoms with Gasteiger partial charge in [-0.25, -0.2) is 14.2 Å². The number of rotatable bonds is 5. The van der Waals surface area contributed by atoms with E-state index in [0.29, 0.717) is 11.4 Å². The number of esters is 1. The monoisotopic (exact) mass is 371 g/mol. The van der Waals surface area contributed by atoms with E-state index < -0.39 is 11.6 Å². The number of carbonyl (C=O) groups excluding carboxylic acids is 1. The highest BCUT2D eigenvalue weighted by molar-refractivity contribution is 5.90. The van der Waals surface area contributed by atoms with Crippen LogP contribution in [0.15, 0.2) is 36.5 Å². The number of hydrogen-bond acceptors (Lipinski definition) is 4. The number of halogens is 1. The van der Waals surface area contributed by atoms with Crippen molar-refractivity contribution < 1.29 is 18.7 Å². The highest BCUT2D eigenvalue weighted by Crippen LogP contribution is 2.33. The summed E-state index contributed by atoms with van der Waals surface area (Å²) in [5, 5.41) is 0. The number of nitrogens with zero attached hydrogens (tertiary/aromatic N) is 1. The van der Waals surface area contributed by atoms with E-state index in [2.05, 4.69) is 4.98 Å². The molecule has 4 nitrogen and oxygen atoms in total. The minimum atomic E-state index is -0.577. The number of ether oxygens (including phenoxy) is 2. The lowest BCUT2D eigenvalue weighted by atomic mass is 9.90. The summed E-state index contributed by atoms with van der Waals surface area (Å²) in [4.78, 5) is 16.2. The van der Waals surface area contributed by atoms with Crippen LogP contribution < -0.4 is 4.74 Å². The van der Waals surface area contributed by atoms with Gasteiger partial charge in [0.25, 0.3) is 0 Å². The maximum atomic E-state index is 14.3. The second-order valence-corrected chi connectivity index (χ2v) is 7.56. The molecule has 0 N–H and O–H groups in total. The van der Waals surface area contributed by atoms with Crippen LogP contribution >= 0.6 is 0 Å². The number of methoxy groups -OCH3 is 1. The smallest absolute Gasteiger partial charge is 0.331 e. The fourth-order valence-corrected chi connectivity index (χ4v) is 2.72. The zero-order chi connectivity index (χ0) is 20.2. The molecule has 0 spiro atoms. The second kappa shape index (κ2) is 8.33. The highest BCUT2D eigenvalue weighted by Gasteiger charge is 2.17. The van der Waals surface area contributed by atoms with Crippen LogP contribution in [0, 0.1) is 5.82 Å². The van der Waals surface area contributed by atoms with Crippen LogP contribution in [0.1, 0.15) is 51.7 Å². The van der Waals surface area contributed by atoms with Crippen LogP contribution in [-0.4, -0.2) is 23.7 Å². The van der Waals surface area contributed by atoms with Crippen LogP contribution in [0.4, 0.5) is 4.39 Å². The summed E-state index contributed by atoms with van der Waals surface area (Å²) in [5.41, 5.74) is 2.42. The zero-order valence-corrected chi connectivity index (χ0v) is 16.7. The molecule has 0 atom stereocenters. The van der Waals surface area contributed by atoms with Crippen molar-refractivity contribution in [3.8, 4) is 17.0 Å². The Bertz CT molecular complexity index is 851. The molecule has 1 aromatic carbocycles. The first-order chi connectivity index (χ1) is 12.6. The zero-order valence-electron chi connectivity index (χ0n) is 16.7. The maximum Gasteiger partial charge on any atom is 0.331 e. The van der Waals surface area contributed by atoms with Crippen LogP contribution in [0.2, 0.25) is 0 Å². The predicted octanol–water partition coefficient (Wildman–Crippen LogP) is 5.37. The average molecular weight is 371 g/mol. The number of carbonyl (C=O) groups is 1. The summed E-state index contributed by atoms with van der Waals surface area (Å²) >= 11 is 0. The topological polar surface area (TPSA) is 48.4 Å². The molecule has 0 radical (unpaired) electrons. The molecule has 0 aliphatic heterocycles. The van der Waals surface area contributed by atoms with E-state index in [9.17, 15) is 9.18 Å². The average Bonchev–Trinajstić information content (AvgIpc) is 2.58. The molecule has 144 valence electrons. The summed E-state index contributed by atoms with van der Waals surface area (Å²) in [6, 6.07) is 6.48. The molecule has 0 unspecified atom stereocenters. The van der Waals surface area contributed by atoms with Crippen molar-refractivity contribution in [2.75, 3.05) is 7.11 Å². The molecule has 1 aromatic heterocycles. The van der Waals surface area contributed by atoms with E-state index >= 15 is 0 Å². The number of benzene rings is 1. The summed E-state index contributed by atoms with van der Waals surface area (Å²) in [5.74, 6) is -0.273. The van der Waals surface area contributed by atoms with Crippen LogP contribution in [0.25, 0.3) is 17.2 Å². The largest absolute Gasteiger partial charge is 0.481 e. The summed E-state index contributed by atoms with van der Waals surface area (Å²) in [6.45, 7) is 9.40. The Labute approximate surface area is 160 Å². The first-order valence-corrected chi connectivity index (χ1v) is 8.85. The fraction of sp³-hybridized carbons (Fsp3) is 0.364. The predicted molar refractivity (Wildman–Crippen MR) is 105 cm³/mol. The third kappa shape index (κ3) is 5.64. The van der Waals surface area contributed by atoms with Crippen molar-refractivity contribution in [2.45, 2.75) is 46.1 Å². The lowest BCUT2D eigenvalue weighted by Gasteiger charge is -2.18. The minimum absolute atomic E-state index is 0.0708. The van der Waals surface area contributed by atoms with Gasteiger partial charge in [-0.2, -0.15) is 0 Å². The van der Waals surface area contributed by atoms with Gasteiger partial charge in [-0.05, 0) is 73.2 Å². The van der Waals surface area contributed by atoms with Gasteiger partial charge >= 0.3 is 5.97 Å². The molecule has 5 heteroatoms. The van der Waals surface area contributed by atoms with Gasteiger partial charge in [0.2, 0.25) is 5.88 Å². The molecule has 2 aromatic rings. The van der Waals surface area contributed by atoms with Gasteiger partial charge < -0.3 is 9.47 Å². The molecule has 1 heterocycles. The van der Waals surface area contributed by atoms with Crippen molar-refractivity contribution in [3.05, 3.63) is 53.5 Å². The summed E-state index contributed by atoms with van der Waals surface area (Å²) in [6.07, 6.45) is 4.67. The third-order valence-corrected chi connectivity index (χ3v) is 3.85. The first-order valence-electron chi connectivity index (χ1n) is 8.85. The number of aromatic nitrogens is 1. The fourth-order valence-electron chi connectivity index (χ4n) is 2.72. The molecular formula is C22H26FNO3. The van der Waals surface area contributed by atoms with E-state index in [0.717, 1.165) is 16.7 Å². The van der Waals surface area contributed by atoms with Crippen LogP contribution in [0.3, 0.4) is 0 Å². The van der Waals surface area contributed by atoms with Crippen LogP contribution in [-0.2, 0) is 9.53 Å². The van der Waals surface area contributed by atoms with Gasteiger partial charge in [-0.3, -0.25) is 0 Å². The second-order valence-electron chi connectivity index (χ2n) is 7.56. The summed E-state index contributed by atoms with van der Waals surface area (Å²) < 4.78 is 24.8. The lowest BCUT2D eigenvalue weighted by molar-refractivity contribution is -0.148. The Morgan fingerprint density at radius 1 is 1.22 bits per heavy atom. The van der Waals surface area contributed by atoms with E-state index in [1.807, 2.05) is 34.6 Å². The van der Waals surface area contributed by atoms with E-state index in [1.54, 1.807) is 24.4 Å². The van der Waals surface area contributed by atoms with Gasteiger partial charge in [0, 0.05) is 18.3 Å². The lowest BCUT2D eigenvalue weighted by Crippen LogP contribution is -2.22. The molecule has 0 bridgehead atoms. The van der Waals surface area contributed by atoms with Crippen molar-refractivity contribution in [2.24, 2.45) is 0 Å². The number of pyridine rings is 1. The molecule has 0 aliphatic rings. The van der Waals surface area contributed by atoms with E-state index in [4.69, 9.17) is 9.47 Å². The van der Waals surface area contributed by atoms with Gasteiger partial charge in [0.1, 0.15) is 11.4 Å². The van der Waals surface area contributed by atoms with Crippen molar-refractivity contribution in [3.63, 3.8) is 0 Å². The molecule has 2 rings (SSSR count).